The van der Waals surface area contributed by atoms with Crippen LogP contribution in [0.1, 0.15) is 31.8 Å². The van der Waals surface area contributed by atoms with Gasteiger partial charge in [-0.25, -0.2) is 4.39 Å². The van der Waals surface area contributed by atoms with Gasteiger partial charge in [0.25, 0.3) is 11.8 Å². The van der Waals surface area contributed by atoms with Gasteiger partial charge in [-0.05, 0) is 59.7 Å². The van der Waals surface area contributed by atoms with Crippen molar-refractivity contribution in [2.24, 2.45) is 0 Å². The maximum absolute atomic E-state index is 13.7. The summed E-state index contributed by atoms with van der Waals surface area (Å²) in [6, 6.07) is 12.0. The molecule has 2 amide bonds. The van der Waals surface area contributed by atoms with E-state index >= 15 is 0 Å². The van der Waals surface area contributed by atoms with Crippen molar-refractivity contribution in [3.63, 3.8) is 0 Å². The Bertz CT molecular complexity index is 1240. The molecule has 0 saturated carbocycles. The number of aromatic nitrogens is 1. The first-order chi connectivity index (χ1) is 14.9. The minimum atomic E-state index is -0.659. The molecule has 3 aromatic rings. The van der Waals surface area contributed by atoms with Gasteiger partial charge < -0.3 is 10.6 Å². The molecular weight excluding hydrogens is 421 g/mol. The number of fused-ring (bicyclic) bond motifs is 1. The number of benzene rings is 2. The van der Waals surface area contributed by atoms with Gasteiger partial charge >= 0.3 is 0 Å². The van der Waals surface area contributed by atoms with E-state index in [4.69, 9.17) is 11.6 Å². The number of rotatable bonds is 4. The van der Waals surface area contributed by atoms with E-state index < -0.39 is 17.5 Å². The Hall–Kier alpha value is -3.84. The van der Waals surface area contributed by atoms with Crippen LogP contribution in [0.3, 0.4) is 0 Å². The van der Waals surface area contributed by atoms with Crippen LogP contribution >= 0.6 is 11.6 Å². The Balaban J connectivity index is 1.59. The van der Waals surface area contributed by atoms with Crippen LogP contribution in [0.15, 0.2) is 66.5 Å². The fourth-order valence-electron chi connectivity index (χ4n) is 3.11. The summed E-state index contributed by atoms with van der Waals surface area (Å²) in [4.78, 5) is 41.8. The molecular formula is C23H15ClFN3O3. The highest BCUT2D eigenvalue weighted by Gasteiger charge is 2.29. The number of carbonyl (C=O) groups excluding carboxylic acids is 3. The highest BCUT2D eigenvalue weighted by Crippen LogP contribution is 2.28. The molecule has 2 heterocycles. The lowest BCUT2D eigenvalue weighted by atomic mass is 9.93. The van der Waals surface area contributed by atoms with Crippen LogP contribution in [0.5, 0.6) is 0 Å². The number of carbonyl (C=O) groups is 3. The van der Waals surface area contributed by atoms with Crippen LogP contribution in [0.4, 0.5) is 10.1 Å². The summed E-state index contributed by atoms with van der Waals surface area (Å²) in [5.41, 5.74) is 1.79. The first kappa shape index (κ1) is 20.4. The average molecular weight is 436 g/mol. The maximum atomic E-state index is 13.7. The second-order valence-corrected chi connectivity index (χ2v) is 7.22. The monoisotopic (exact) mass is 435 g/mol. The molecule has 1 aliphatic rings. The summed E-state index contributed by atoms with van der Waals surface area (Å²) in [6.45, 7) is 0.302. The zero-order chi connectivity index (χ0) is 22.0. The summed E-state index contributed by atoms with van der Waals surface area (Å²) >= 11 is 5.68. The van der Waals surface area contributed by atoms with Crippen LogP contribution in [0.2, 0.25) is 5.02 Å². The Morgan fingerprint density at radius 1 is 1.10 bits per heavy atom. The maximum Gasteiger partial charge on any atom is 0.259 e. The molecule has 2 N–H and O–H groups in total. The smallest absolute Gasteiger partial charge is 0.259 e. The lowest BCUT2D eigenvalue weighted by Gasteiger charge is -2.19. The van der Waals surface area contributed by atoms with Crippen LogP contribution in [0.25, 0.3) is 6.08 Å². The van der Waals surface area contributed by atoms with Gasteiger partial charge in [-0.1, -0.05) is 17.7 Å². The molecule has 0 fully saturated rings. The largest absolute Gasteiger partial charge is 0.348 e. The molecule has 0 atom stereocenters. The third-order valence-electron chi connectivity index (χ3n) is 4.72. The van der Waals surface area contributed by atoms with Crippen molar-refractivity contribution in [1.82, 2.24) is 10.3 Å². The summed E-state index contributed by atoms with van der Waals surface area (Å²) in [7, 11) is 0. The molecule has 154 valence electrons. The van der Waals surface area contributed by atoms with E-state index in [0.29, 0.717) is 17.8 Å². The van der Waals surface area contributed by atoms with Crippen molar-refractivity contribution in [3.8, 4) is 0 Å². The fourth-order valence-corrected chi connectivity index (χ4v) is 3.22. The molecule has 0 bridgehead atoms. The zero-order valence-electron chi connectivity index (χ0n) is 16.0. The van der Waals surface area contributed by atoms with Gasteiger partial charge in [-0.3, -0.25) is 19.4 Å². The predicted molar refractivity (Wildman–Crippen MR) is 114 cm³/mol. The molecule has 0 aliphatic carbocycles. The topological polar surface area (TPSA) is 88.2 Å². The Kier molecular flexibility index (Phi) is 5.60. The fraction of sp³-hybridized carbons (Fsp3) is 0.0435. The number of hydrogen-bond donors (Lipinski definition) is 2. The lowest BCUT2D eigenvalue weighted by Crippen LogP contribution is -2.28. The van der Waals surface area contributed by atoms with Gasteiger partial charge in [-0.15, -0.1) is 0 Å². The third kappa shape index (κ3) is 4.36. The van der Waals surface area contributed by atoms with E-state index in [1.165, 1.54) is 36.4 Å². The van der Waals surface area contributed by atoms with E-state index in [1.807, 2.05) is 0 Å². The Morgan fingerprint density at radius 3 is 2.61 bits per heavy atom. The molecule has 0 radical (unpaired) electrons. The van der Waals surface area contributed by atoms with E-state index in [9.17, 15) is 18.8 Å². The first-order valence-electron chi connectivity index (χ1n) is 9.26. The number of halogens is 2. The highest BCUT2D eigenvalue weighted by molar-refractivity contribution is 6.36. The van der Waals surface area contributed by atoms with Crippen LogP contribution < -0.4 is 10.6 Å². The third-order valence-corrected chi connectivity index (χ3v) is 5.03. The van der Waals surface area contributed by atoms with E-state index in [1.54, 1.807) is 24.5 Å². The summed E-state index contributed by atoms with van der Waals surface area (Å²) < 4.78 is 13.7. The molecule has 1 aromatic heterocycles. The number of pyridine rings is 1. The second kappa shape index (κ2) is 8.49. The summed E-state index contributed by atoms with van der Waals surface area (Å²) in [5, 5.41) is 5.34. The van der Waals surface area contributed by atoms with Crippen molar-refractivity contribution >= 4 is 41.0 Å². The molecule has 0 saturated heterocycles. The molecule has 1 aliphatic heterocycles. The van der Waals surface area contributed by atoms with Gasteiger partial charge in [0.05, 0.1) is 16.3 Å². The van der Waals surface area contributed by atoms with E-state index in [2.05, 4.69) is 15.6 Å². The van der Waals surface area contributed by atoms with Gasteiger partial charge in [0.1, 0.15) is 5.82 Å². The lowest BCUT2D eigenvalue weighted by molar-refractivity contribution is -0.112. The Morgan fingerprint density at radius 2 is 1.87 bits per heavy atom. The van der Waals surface area contributed by atoms with Crippen molar-refractivity contribution in [1.29, 1.82) is 0 Å². The summed E-state index contributed by atoms with van der Waals surface area (Å²) in [5.74, 6) is -2.19. The number of hydrogen-bond acceptors (Lipinski definition) is 4. The quantitative estimate of drug-likeness (QED) is 0.478. The van der Waals surface area contributed by atoms with Crippen molar-refractivity contribution < 1.29 is 18.8 Å². The predicted octanol–water partition coefficient (Wildman–Crippen LogP) is 4.02. The van der Waals surface area contributed by atoms with Gasteiger partial charge in [0.2, 0.25) is 5.78 Å². The number of anilines is 1. The minimum absolute atomic E-state index is 0.0608. The van der Waals surface area contributed by atoms with Gasteiger partial charge in [-0.2, -0.15) is 0 Å². The van der Waals surface area contributed by atoms with E-state index in [0.717, 1.165) is 11.6 Å². The standard InChI is InChI=1S/C23H15ClFN3O3/c24-18-3-1-14(10-19(18)25)9-17-21(29)16-11-15(2-4-20(16)28-23(17)31)22(30)27-12-13-5-7-26-8-6-13/h1-11H,12H2,(H,27,30)(H,28,31)/b17-9+. The average Bonchev–Trinajstić information content (AvgIpc) is 2.78. The van der Waals surface area contributed by atoms with Gasteiger partial charge in [0.15, 0.2) is 0 Å². The molecule has 0 spiro atoms. The number of Topliss-reactive ketones (excluding diaryl/α,β-unsaturated/α-hetero) is 1. The molecule has 31 heavy (non-hydrogen) atoms. The molecule has 2 aromatic carbocycles. The van der Waals surface area contributed by atoms with Crippen molar-refractivity contribution in [2.45, 2.75) is 6.54 Å². The number of amides is 2. The van der Waals surface area contributed by atoms with Crippen LogP contribution in [-0.4, -0.2) is 22.6 Å². The number of ketones is 1. The Labute approximate surface area is 181 Å². The number of nitrogens with one attached hydrogen (secondary N) is 2. The van der Waals surface area contributed by atoms with Gasteiger partial charge in [0, 0.05) is 30.1 Å². The minimum Gasteiger partial charge on any atom is -0.348 e. The van der Waals surface area contributed by atoms with Crippen LogP contribution in [-0.2, 0) is 11.3 Å². The zero-order valence-corrected chi connectivity index (χ0v) is 16.7. The van der Waals surface area contributed by atoms with E-state index in [-0.39, 0.29) is 27.6 Å². The first-order valence-corrected chi connectivity index (χ1v) is 9.64. The van der Waals surface area contributed by atoms with Crippen molar-refractivity contribution in [2.75, 3.05) is 5.32 Å². The molecule has 6 nitrogen and oxygen atoms in total. The molecule has 0 unspecified atom stereocenters. The molecule has 8 heteroatoms. The SMILES string of the molecule is O=C1Nc2ccc(C(=O)NCc3ccncc3)cc2C(=O)/C1=C\c1ccc(Cl)c(F)c1. The normalized spacial score (nSPS) is 14.2. The van der Waals surface area contributed by atoms with Crippen LogP contribution in [0, 0.1) is 5.82 Å². The number of nitrogens with zero attached hydrogens (tertiary/aromatic N) is 1. The van der Waals surface area contributed by atoms with Crippen molar-refractivity contribution in [3.05, 3.63) is 99.6 Å². The molecule has 4 rings (SSSR count). The second-order valence-electron chi connectivity index (χ2n) is 6.81. The highest BCUT2D eigenvalue weighted by atomic mass is 35.5. The summed E-state index contributed by atoms with van der Waals surface area (Å²) in [6.07, 6.45) is 4.54.